The number of hydrogen-bond donors (Lipinski definition) is 1. The van der Waals surface area contributed by atoms with Crippen LogP contribution in [-0.2, 0) is 20.4 Å². The third kappa shape index (κ3) is 5.88. The number of piperidine rings is 1. The smallest absolute Gasteiger partial charge is 0.253 e. The van der Waals surface area contributed by atoms with Crippen molar-refractivity contribution in [2.45, 2.75) is 76.3 Å². The SMILES string of the molecule is CC1CCCC(NC(=O)C(C)S(=O)(=O)Cc2cccc(C(=O)N3CCCCC3)c2)C1C. The van der Waals surface area contributed by atoms with Crippen molar-refractivity contribution in [3.05, 3.63) is 35.4 Å². The molecule has 0 bridgehead atoms. The van der Waals surface area contributed by atoms with Crippen LogP contribution >= 0.6 is 0 Å². The van der Waals surface area contributed by atoms with Crippen LogP contribution in [0.3, 0.4) is 0 Å². The number of rotatable bonds is 6. The van der Waals surface area contributed by atoms with Crippen molar-refractivity contribution in [2.24, 2.45) is 11.8 Å². The van der Waals surface area contributed by atoms with Gasteiger partial charge in [-0.25, -0.2) is 8.42 Å². The molecule has 0 spiro atoms. The van der Waals surface area contributed by atoms with Gasteiger partial charge in [-0.15, -0.1) is 0 Å². The average molecular weight is 449 g/mol. The third-order valence-corrected chi connectivity index (χ3v) is 9.15. The summed E-state index contributed by atoms with van der Waals surface area (Å²) in [5.41, 5.74) is 1.05. The van der Waals surface area contributed by atoms with Gasteiger partial charge in [-0.2, -0.15) is 0 Å². The van der Waals surface area contributed by atoms with Crippen LogP contribution in [0.25, 0.3) is 0 Å². The Kier molecular flexibility index (Phi) is 7.78. The fourth-order valence-electron chi connectivity index (χ4n) is 4.68. The van der Waals surface area contributed by atoms with Gasteiger partial charge in [0, 0.05) is 24.7 Å². The van der Waals surface area contributed by atoms with Crippen molar-refractivity contribution in [2.75, 3.05) is 13.1 Å². The number of hydrogen-bond acceptors (Lipinski definition) is 4. The molecule has 1 heterocycles. The summed E-state index contributed by atoms with van der Waals surface area (Å²) >= 11 is 0. The molecule has 2 amide bonds. The van der Waals surface area contributed by atoms with E-state index in [4.69, 9.17) is 0 Å². The molecule has 1 aromatic rings. The molecule has 1 aliphatic carbocycles. The first-order chi connectivity index (χ1) is 14.7. The van der Waals surface area contributed by atoms with Crippen LogP contribution < -0.4 is 5.32 Å². The van der Waals surface area contributed by atoms with Crippen LogP contribution in [0, 0.1) is 11.8 Å². The van der Waals surface area contributed by atoms with Crippen molar-refractivity contribution in [1.29, 1.82) is 0 Å². The van der Waals surface area contributed by atoms with Gasteiger partial charge in [-0.1, -0.05) is 38.8 Å². The van der Waals surface area contributed by atoms with E-state index in [2.05, 4.69) is 19.2 Å². The molecule has 1 saturated heterocycles. The van der Waals surface area contributed by atoms with E-state index in [0.29, 0.717) is 23.0 Å². The topological polar surface area (TPSA) is 83.5 Å². The van der Waals surface area contributed by atoms with E-state index in [-0.39, 0.29) is 17.7 Å². The average Bonchev–Trinajstić information content (AvgIpc) is 2.76. The summed E-state index contributed by atoms with van der Waals surface area (Å²) in [7, 11) is -3.70. The Morgan fingerprint density at radius 2 is 1.81 bits per heavy atom. The van der Waals surface area contributed by atoms with Crippen molar-refractivity contribution < 1.29 is 18.0 Å². The summed E-state index contributed by atoms with van der Waals surface area (Å²) in [6.07, 6.45) is 6.24. The van der Waals surface area contributed by atoms with Crippen LogP contribution in [-0.4, -0.2) is 49.5 Å². The molecule has 4 atom stereocenters. The minimum atomic E-state index is -3.70. The molecule has 172 valence electrons. The van der Waals surface area contributed by atoms with Gasteiger partial charge in [0.25, 0.3) is 5.91 Å². The summed E-state index contributed by atoms with van der Waals surface area (Å²) in [5, 5.41) is 1.86. The molecule has 6 nitrogen and oxygen atoms in total. The predicted octanol–water partition coefficient (Wildman–Crippen LogP) is 3.56. The number of sulfone groups is 1. The third-order valence-electron chi connectivity index (χ3n) is 7.13. The summed E-state index contributed by atoms with van der Waals surface area (Å²) in [4.78, 5) is 27.3. The second-order valence-corrected chi connectivity index (χ2v) is 11.7. The molecule has 4 unspecified atom stereocenters. The Bertz CT molecular complexity index is 893. The molecule has 2 fully saturated rings. The van der Waals surface area contributed by atoms with E-state index < -0.39 is 21.0 Å². The van der Waals surface area contributed by atoms with Gasteiger partial charge in [0.15, 0.2) is 9.84 Å². The molecule has 3 rings (SSSR count). The highest BCUT2D eigenvalue weighted by atomic mass is 32.2. The fraction of sp³-hybridized carbons (Fsp3) is 0.667. The molecule has 31 heavy (non-hydrogen) atoms. The lowest BCUT2D eigenvalue weighted by Crippen LogP contribution is -2.48. The summed E-state index contributed by atoms with van der Waals surface area (Å²) < 4.78 is 25.9. The van der Waals surface area contributed by atoms with E-state index in [0.717, 1.165) is 51.6 Å². The highest BCUT2D eigenvalue weighted by Crippen LogP contribution is 2.29. The molecule has 2 aliphatic rings. The van der Waals surface area contributed by atoms with E-state index in [9.17, 15) is 18.0 Å². The Balaban J connectivity index is 1.65. The van der Waals surface area contributed by atoms with E-state index >= 15 is 0 Å². The largest absolute Gasteiger partial charge is 0.352 e. The number of nitrogens with zero attached hydrogens (tertiary/aromatic N) is 1. The number of amides is 2. The lowest BCUT2D eigenvalue weighted by Gasteiger charge is -2.35. The zero-order chi connectivity index (χ0) is 22.6. The van der Waals surface area contributed by atoms with E-state index in [1.807, 2.05) is 4.90 Å². The minimum Gasteiger partial charge on any atom is -0.352 e. The second kappa shape index (κ2) is 10.2. The van der Waals surface area contributed by atoms with Crippen molar-refractivity contribution in [3.63, 3.8) is 0 Å². The van der Waals surface area contributed by atoms with Crippen molar-refractivity contribution in [1.82, 2.24) is 10.2 Å². The monoisotopic (exact) mass is 448 g/mol. The Morgan fingerprint density at radius 1 is 1.10 bits per heavy atom. The van der Waals surface area contributed by atoms with Gasteiger partial charge < -0.3 is 10.2 Å². The molecule has 1 saturated carbocycles. The maximum absolute atomic E-state index is 13.0. The lowest BCUT2D eigenvalue weighted by molar-refractivity contribution is -0.121. The van der Waals surface area contributed by atoms with Crippen LogP contribution in [0.15, 0.2) is 24.3 Å². The van der Waals surface area contributed by atoms with Crippen LogP contribution in [0.5, 0.6) is 0 Å². The van der Waals surface area contributed by atoms with Crippen molar-refractivity contribution >= 4 is 21.7 Å². The first kappa shape index (κ1) is 23.8. The zero-order valence-electron chi connectivity index (χ0n) is 19.0. The molecule has 1 N–H and O–H groups in total. The van der Waals surface area contributed by atoms with Crippen LogP contribution in [0.2, 0.25) is 0 Å². The zero-order valence-corrected chi connectivity index (χ0v) is 19.8. The molecule has 1 aliphatic heterocycles. The Morgan fingerprint density at radius 3 is 2.52 bits per heavy atom. The Labute approximate surface area is 186 Å². The van der Waals surface area contributed by atoms with Crippen LogP contribution in [0.1, 0.15) is 75.2 Å². The first-order valence-electron chi connectivity index (χ1n) is 11.6. The van der Waals surface area contributed by atoms with E-state index in [1.165, 1.54) is 6.92 Å². The quantitative estimate of drug-likeness (QED) is 0.721. The molecular weight excluding hydrogens is 412 g/mol. The minimum absolute atomic E-state index is 0.0272. The molecule has 7 heteroatoms. The highest BCUT2D eigenvalue weighted by Gasteiger charge is 2.33. The highest BCUT2D eigenvalue weighted by molar-refractivity contribution is 7.92. The van der Waals surface area contributed by atoms with Crippen molar-refractivity contribution in [3.8, 4) is 0 Å². The van der Waals surface area contributed by atoms with Gasteiger partial charge in [-0.05, 0) is 62.1 Å². The first-order valence-corrected chi connectivity index (χ1v) is 13.3. The van der Waals surface area contributed by atoms with Gasteiger partial charge in [0.05, 0.1) is 5.75 Å². The predicted molar refractivity (Wildman–Crippen MR) is 122 cm³/mol. The summed E-state index contributed by atoms with van der Waals surface area (Å²) in [5.74, 6) is 0.132. The maximum atomic E-state index is 13.0. The van der Waals surface area contributed by atoms with E-state index in [1.54, 1.807) is 24.3 Å². The molecular formula is C24H36N2O4S. The summed E-state index contributed by atoms with van der Waals surface area (Å²) in [6.45, 7) is 7.26. The number of carbonyl (C=O) groups is 2. The molecule has 0 radical (unpaired) electrons. The number of likely N-dealkylation sites (tertiary alicyclic amines) is 1. The standard InChI is InChI=1S/C24H36N2O4S/c1-17-9-7-12-22(18(17)2)25-23(27)19(3)31(29,30)16-20-10-8-11-21(15-20)24(28)26-13-5-4-6-14-26/h8,10-11,15,17-19,22H,4-7,9,12-14,16H2,1-3H3,(H,25,27). The number of nitrogens with one attached hydrogen (secondary N) is 1. The number of benzene rings is 1. The van der Waals surface area contributed by atoms with Crippen LogP contribution in [0.4, 0.5) is 0 Å². The molecule has 0 aromatic heterocycles. The normalized spacial score (nSPS) is 25.6. The maximum Gasteiger partial charge on any atom is 0.253 e. The second-order valence-electron chi connectivity index (χ2n) is 9.39. The molecule has 1 aromatic carbocycles. The van der Waals surface area contributed by atoms with Gasteiger partial charge >= 0.3 is 0 Å². The summed E-state index contributed by atoms with van der Waals surface area (Å²) in [6, 6.07) is 6.84. The van der Waals surface area contributed by atoms with Gasteiger partial charge in [0.2, 0.25) is 5.91 Å². The number of carbonyl (C=O) groups excluding carboxylic acids is 2. The lowest BCUT2D eigenvalue weighted by atomic mass is 9.78. The Hall–Kier alpha value is -1.89. The van der Waals surface area contributed by atoms with Gasteiger partial charge in [0.1, 0.15) is 5.25 Å². The fourth-order valence-corrected chi connectivity index (χ4v) is 5.97. The van der Waals surface area contributed by atoms with Gasteiger partial charge in [-0.3, -0.25) is 9.59 Å².